The molecule has 0 unspecified atom stereocenters. The molecule has 0 aliphatic heterocycles. The first kappa shape index (κ1) is 20.0. The molecular formula is C31H20N2O. The molecule has 3 heteroatoms. The van der Waals surface area contributed by atoms with E-state index in [4.69, 9.17) is 9.97 Å². The first-order valence-electron chi connectivity index (χ1n) is 11.2. The fraction of sp³-hybridized carbons (Fsp3) is 0. The van der Waals surface area contributed by atoms with Crippen LogP contribution in [0.25, 0.3) is 44.3 Å². The van der Waals surface area contributed by atoms with Crippen LogP contribution in [-0.2, 0) is 0 Å². The Morgan fingerprint density at radius 2 is 0.853 bits per heavy atom. The Kier molecular flexibility index (Phi) is 4.93. The molecule has 0 aliphatic rings. The van der Waals surface area contributed by atoms with Crippen molar-refractivity contribution in [3.63, 3.8) is 0 Å². The maximum Gasteiger partial charge on any atom is 0.197 e. The summed E-state index contributed by atoms with van der Waals surface area (Å²) < 4.78 is 0. The first-order valence-corrected chi connectivity index (χ1v) is 11.2. The van der Waals surface area contributed by atoms with Crippen LogP contribution in [0.3, 0.4) is 0 Å². The molecule has 4 aromatic carbocycles. The van der Waals surface area contributed by atoms with Crippen molar-refractivity contribution in [1.82, 2.24) is 9.97 Å². The van der Waals surface area contributed by atoms with Gasteiger partial charge in [0, 0.05) is 33.0 Å². The molecule has 0 N–H and O–H groups in total. The van der Waals surface area contributed by atoms with Crippen molar-refractivity contribution in [3.05, 3.63) is 132 Å². The molecule has 6 rings (SSSR count). The molecule has 0 spiro atoms. The van der Waals surface area contributed by atoms with E-state index in [2.05, 4.69) is 0 Å². The highest BCUT2D eigenvalue weighted by atomic mass is 16.1. The topological polar surface area (TPSA) is 42.9 Å². The highest BCUT2D eigenvalue weighted by molar-refractivity contribution is 6.17. The lowest BCUT2D eigenvalue weighted by atomic mass is 9.93. The van der Waals surface area contributed by atoms with Crippen molar-refractivity contribution in [2.45, 2.75) is 0 Å². The van der Waals surface area contributed by atoms with Crippen molar-refractivity contribution < 1.29 is 4.79 Å². The lowest BCUT2D eigenvalue weighted by Crippen LogP contribution is -2.08. The Hall–Kier alpha value is -4.63. The maximum atomic E-state index is 14.2. The van der Waals surface area contributed by atoms with E-state index in [1.54, 1.807) is 0 Å². The van der Waals surface area contributed by atoms with Crippen LogP contribution in [0, 0.1) is 0 Å². The van der Waals surface area contributed by atoms with E-state index in [-0.39, 0.29) is 5.78 Å². The molecule has 0 atom stereocenters. The largest absolute Gasteiger partial charge is 0.288 e. The number of ketones is 1. The van der Waals surface area contributed by atoms with Gasteiger partial charge in [0.05, 0.1) is 22.4 Å². The van der Waals surface area contributed by atoms with Crippen LogP contribution in [0.4, 0.5) is 0 Å². The van der Waals surface area contributed by atoms with Crippen molar-refractivity contribution in [2.75, 3.05) is 0 Å². The number of hydrogen-bond acceptors (Lipinski definition) is 3. The summed E-state index contributed by atoms with van der Waals surface area (Å²) >= 11 is 0. The molecule has 0 saturated heterocycles. The smallest absolute Gasteiger partial charge is 0.197 e. The number of nitrogens with zero attached hydrogens (tertiary/aromatic N) is 2. The van der Waals surface area contributed by atoms with Gasteiger partial charge in [-0.25, -0.2) is 9.97 Å². The molecule has 34 heavy (non-hydrogen) atoms. The van der Waals surface area contributed by atoms with Gasteiger partial charge in [0.1, 0.15) is 0 Å². The molecule has 160 valence electrons. The monoisotopic (exact) mass is 436 g/mol. The van der Waals surface area contributed by atoms with Crippen LogP contribution in [0.1, 0.15) is 15.9 Å². The zero-order chi connectivity index (χ0) is 22.9. The summed E-state index contributed by atoms with van der Waals surface area (Å²) in [6.07, 6.45) is 0. The lowest BCUT2D eigenvalue weighted by Gasteiger charge is -2.14. The maximum absolute atomic E-state index is 14.2. The van der Waals surface area contributed by atoms with E-state index in [1.165, 1.54) is 0 Å². The number of fused-ring (bicyclic) bond motifs is 2. The minimum absolute atomic E-state index is 0.0887. The van der Waals surface area contributed by atoms with Crippen LogP contribution in [0.2, 0.25) is 0 Å². The highest BCUT2D eigenvalue weighted by Crippen LogP contribution is 2.32. The average Bonchev–Trinajstić information content (AvgIpc) is 2.92. The van der Waals surface area contributed by atoms with Crippen LogP contribution < -0.4 is 0 Å². The quantitative estimate of drug-likeness (QED) is 0.271. The third kappa shape index (κ3) is 3.54. The number of rotatable bonds is 4. The molecule has 2 aromatic heterocycles. The molecule has 0 fully saturated rings. The summed E-state index contributed by atoms with van der Waals surface area (Å²) in [6.45, 7) is 0. The van der Waals surface area contributed by atoms with Crippen LogP contribution in [-0.4, -0.2) is 15.8 Å². The summed E-state index contributed by atoms with van der Waals surface area (Å²) in [7, 11) is 0. The number of benzene rings is 4. The Balaban J connectivity index is 1.63. The SMILES string of the molecule is O=C(c1cc2ccccc2nc1-c1ccccc1)c1cc2ccccc2nc1-c1ccccc1. The van der Waals surface area contributed by atoms with E-state index in [0.29, 0.717) is 22.5 Å². The summed E-state index contributed by atoms with van der Waals surface area (Å²) in [5.74, 6) is -0.0887. The predicted molar refractivity (Wildman–Crippen MR) is 138 cm³/mol. The van der Waals surface area contributed by atoms with Gasteiger partial charge in [-0.3, -0.25) is 4.79 Å². The number of aromatic nitrogens is 2. The van der Waals surface area contributed by atoms with E-state index in [0.717, 1.165) is 32.9 Å². The molecule has 0 amide bonds. The number of hydrogen-bond donors (Lipinski definition) is 0. The summed E-state index contributed by atoms with van der Waals surface area (Å²) in [6, 6.07) is 39.5. The van der Waals surface area contributed by atoms with Crippen molar-refractivity contribution in [3.8, 4) is 22.5 Å². The minimum Gasteiger partial charge on any atom is -0.288 e. The van der Waals surface area contributed by atoms with Crippen molar-refractivity contribution >= 4 is 27.6 Å². The zero-order valence-electron chi connectivity index (χ0n) is 18.3. The molecule has 2 heterocycles. The normalized spacial score (nSPS) is 11.1. The van der Waals surface area contributed by atoms with Crippen LogP contribution in [0.5, 0.6) is 0 Å². The molecule has 0 radical (unpaired) electrons. The van der Waals surface area contributed by atoms with Gasteiger partial charge in [0.15, 0.2) is 5.78 Å². The molecular weight excluding hydrogens is 416 g/mol. The molecule has 3 nitrogen and oxygen atoms in total. The molecule has 0 saturated carbocycles. The fourth-order valence-electron chi connectivity index (χ4n) is 4.36. The highest BCUT2D eigenvalue weighted by Gasteiger charge is 2.22. The fourth-order valence-corrected chi connectivity index (χ4v) is 4.36. The van der Waals surface area contributed by atoms with Gasteiger partial charge in [-0.2, -0.15) is 0 Å². The van der Waals surface area contributed by atoms with E-state index < -0.39 is 0 Å². The third-order valence-corrected chi connectivity index (χ3v) is 6.03. The Morgan fingerprint density at radius 1 is 0.471 bits per heavy atom. The summed E-state index contributed by atoms with van der Waals surface area (Å²) in [4.78, 5) is 24.1. The standard InChI is InChI=1S/C31H20N2O/c34-31(25-19-23-15-7-9-17-27(23)32-29(25)21-11-3-1-4-12-21)26-20-24-16-8-10-18-28(24)33-30(26)22-13-5-2-6-14-22/h1-20H. The second kappa shape index (κ2) is 8.38. The van der Waals surface area contributed by atoms with Gasteiger partial charge in [-0.05, 0) is 24.3 Å². The second-order valence-corrected chi connectivity index (χ2v) is 8.22. The molecule has 6 aromatic rings. The summed E-state index contributed by atoms with van der Waals surface area (Å²) in [5, 5.41) is 1.86. The Labute approximate surface area is 197 Å². The number of carbonyl (C=O) groups excluding carboxylic acids is 1. The zero-order valence-corrected chi connectivity index (χ0v) is 18.3. The Morgan fingerprint density at radius 3 is 1.29 bits per heavy atom. The van der Waals surface area contributed by atoms with Gasteiger partial charge in [-0.1, -0.05) is 97.1 Å². The van der Waals surface area contributed by atoms with E-state index >= 15 is 0 Å². The Bertz CT molecular complexity index is 1530. The van der Waals surface area contributed by atoms with E-state index in [9.17, 15) is 4.79 Å². The minimum atomic E-state index is -0.0887. The van der Waals surface area contributed by atoms with Gasteiger partial charge in [-0.15, -0.1) is 0 Å². The molecule has 0 aliphatic carbocycles. The van der Waals surface area contributed by atoms with Gasteiger partial charge in [0.2, 0.25) is 0 Å². The average molecular weight is 437 g/mol. The van der Waals surface area contributed by atoms with E-state index in [1.807, 2.05) is 121 Å². The number of pyridine rings is 2. The van der Waals surface area contributed by atoms with Crippen LogP contribution in [0.15, 0.2) is 121 Å². The van der Waals surface area contributed by atoms with Crippen molar-refractivity contribution in [2.24, 2.45) is 0 Å². The van der Waals surface area contributed by atoms with Gasteiger partial charge < -0.3 is 0 Å². The molecule has 0 bridgehead atoms. The number of carbonyl (C=O) groups is 1. The third-order valence-electron chi connectivity index (χ3n) is 6.03. The van der Waals surface area contributed by atoms with Gasteiger partial charge in [0.25, 0.3) is 0 Å². The van der Waals surface area contributed by atoms with Gasteiger partial charge >= 0.3 is 0 Å². The predicted octanol–water partition coefficient (Wildman–Crippen LogP) is 7.35. The summed E-state index contributed by atoms with van der Waals surface area (Å²) in [5.41, 5.74) is 6.03. The first-order chi connectivity index (χ1) is 16.8. The second-order valence-electron chi connectivity index (χ2n) is 8.22. The van der Waals surface area contributed by atoms with Crippen molar-refractivity contribution in [1.29, 1.82) is 0 Å². The number of para-hydroxylation sites is 2. The van der Waals surface area contributed by atoms with Crippen LogP contribution >= 0.6 is 0 Å². The lowest BCUT2D eigenvalue weighted by molar-refractivity contribution is 0.103.